The number of hydrogen-bond acceptors (Lipinski definition) is 6. The van der Waals surface area contributed by atoms with Crippen LogP contribution in [0.3, 0.4) is 0 Å². The van der Waals surface area contributed by atoms with Crippen molar-refractivity contribution in [2.24, 2.45) is 5.73 Å². The molecule has 2 N–H and O–H groups in total. The summed E-state index contributed by atoms with van der Waals surface area (Å²) in [5.41, 5.74) is 9.18. The van der Waals surface area contributed by atoms with Crippen molar-refractivity contribution in [3.05, 3.63) is 83.4 Å². The number of ether oxygens (including phenoxy) is 3. The Morgan fingerprint density at radius 2 is 1.85 bits per heavy atom. The predicted octanol–water partition coefficient (Wildman–Crippen LogP) is 5.39. The molecular formula is C27H26FNO5. The van der Waals surface area contributed by atoms with Crippen LogP contribution in [0.1, 0.15) is 23.6 Å². The van der Waals surface area contributed by atoms with Gasteiger partial charge in [-0.3, -0.25) is 4.79 Å². The molecule has 0 aliphatic carbocycles. The van der Waals surface area contributed by atoms with Gasteiger partial charge in [0.25, 0.3) is 0 Å². The van der Waals surface area contributed by atoms with Crippen LogP contribution in [-0.4, -0.2) is 19.7 Å². The van der Waals surface area contributed by atoms with Gasteiger partial charge in [0.15, 0.2) is 11.5 Å². The molecule has 0 amide bonds. The van der Waals surface area contributed by atoms with Gasteiger partial charge in [0.05, 0.1) is 26.4 Å². The van der Waals surface area contributed by atoms with Crippen LogP contribution in [0, 0.1) is 5.82 Å². The van der Waals surface area contributed by atoms with Crippen molar-refractivity contribution in [2.45, 2.75) is 26.5 Å². The summed E-state index contributed by atoms with van der Waals surface area (Å²) in [4.78, 5) is 12.1. The van der Waals surface area contributed by atoms with E-state index in [1.807, 2.05) is 18.2 Å². The molecule has 4 rings (SSSR count). The number of halogens is 1. The number of nitrogens with two attached hydrogens (primary N) is 1. The van der Waals surface area contributed by atoms with Crippen molar-refractivity contribution in [3.63, 3.8) is 0 Å². The lowest BCUT2D eigenvalue weighted by atomic mass is 9.98. The molecule has 0 saturated carbocycles. The fraction of sp³-hybridized carbons (Fsp3) is 0.222. The van der Waals surface area contributed by atoms with Gasteiger partial charge in [-0.05, 0) is 36.8 Å². The third-order valence-corrected chi connectivity index (χ3v) is 5.50. The number of fused-ring (bicyclic) bond motifs is 1. The van der Waals surface area contributed by atoms with E-state index >= 15 is 4.39 Å². The molecular weight excluding hydrogens is 437 g/mol. The highest BCUT2D eigenvalue weighted by Crippen LogP contribution is 2.36. The fourth-order valence-corrected chi connectivity index (χ4v) is 3.92. The highest BCUT2D eigenvalue weighted by Gasteiger charge is 2.18. The molecule has 1 aromatic heterocycles. The second-order valence-electron chi connectivity index (χ2n) is 7.68. The van der Waals surface area contributed by atoms with Crippen LogP contribution in [0.4, 0.5) is 4.39 Å². The number of hydrogen-bond donors (Lipinski definition) is 1. The Balaban J connectivity index is 1.69. The molecule has 6 nitrogen and oxygen atoms in total. The first-order valence-corrected chi connectivity index (χ1v) is 11.0. The van der Waals surface area contributed by atoms with Crippen molar-refractivity contribution < 1.29 is 27.8 Å². The second-order valence-corrected chi connectivity index (χ2v) is 7.68. The number of carbonyl (C=O) groups excluding carboxylic acids is 1. The Morgan fingerprint density at radius 1 is 1.06 bits per heavy atom. The Morgan fingerprint density at radius 3 is 2.62 bits per heavy atom. The van der Waals surface area contributed by atoms with Gasteiger partial charge in [0, 0.05) is 34.2 Å². The number of esters is 1. The average molecular weight is 464 g/mol. The Labute approximate surface area is 197 Å². The van der Waals surface area contributed by atoms with Crippen molar-refractivity contribution in [2.75, 3.05) is 13.7 Å². The van der Waals surface area contributed by atoms with Crippen LogP contribution in [0.5, 0.6) is 11.5 Å². The zero-order chi connectivity index (χ0) is 24.1. The molecule has 1 heterocycles. The number of benzene rings is 3. The lowest BCUT2D eigenvalue weighted by Crippen LogP contribution is -2.09. The summed E-state index contributed by atoms with van der Waals surface area (Å²) in [5.74, 6) is 0.247. The molecule has 0 unspecified atom stereocenters. The minimum atomic E-state index is -0.373. The number of carbonyl (C=O) groups is 1. The molecule has 34 heavy (non-hydrogen) atoms. The normalized spacial score (nSPS) is 10.9. The lowest BCUT2D eigenvalue weighted by molar-refractivity contribution is -0.142. The molecule has 3 aromatic carbocycles. The first-order chi connectivity index (χ1) is 16.5. The smallest absolute Gasteiger partial charge is 0.310 e. The van der Waals surface area contributed by atoms with E-state index in [1.165, 1.54) is 0 Å². The van der Waals surface area contributed by atoms with Crippen molar-refractivity contribution in [1.82, 2.24) is 0 Å². The monoisotopic (exact) mass is 463 g/mol. The van der Waals surface area contributed by atoms with E-state index in [4.69, 9.17) is 24.4 Å². The van der Waals surface area contributed by atoms with E-state index in [9.17, 15) is 4.79 Å². The number of rotatable bonds is 9. The topological polar surface area (TPSA) is 83.9 Å². The van der Waals surface area contributed by atoms with Crippen molar-refractivity contribution >= 4 is 16.9 Å². The van der Waals surface area contributed by atoms with Gasteiger partial charge < -0.3 is 24.4 Å². The zero-order valence-electron chi connectivity index (χ0n) is 19.1. The second kappa shape index (κ2) is 10.4. The fourth-order valence-electron chi connectivity index (χ4n) is 3.92. The molecule has 0 bridgehead atoms. The standard InChI is InChI=1S/C27H26FNO5/c1-3-32-24(30)14-18-6-5-9-23(31-2)27(18)34-16-17-12-19-10-11-33-26(19)22(13-17)21-8-4-7-20(15-29)25(21)28/h4-13H,3,14-16,29H2,1-2H3. The number of para-hydroxylation sites is 1. The molecule has 0 atom stereocenters. The number of methoxy groups -OCH3 is 1. The largest absolute Gasteiger partial charge is 0.493 e. The van der Waals surface area contributed by atoms with Gasteiger partial charge in [-0.1, -0.05) is 30.3 Å². The molecule has 0 aliphatic heterocycles. The van der Waals surface area contributed by atoms with Crippen LogP contribution < -0.4 is 15.2 Å². The third-order valence-electron chi connectivity index (χ3n) is 5.50. The molecule has 0 radical (unpaired) electrons. The lowest BCUT2D eigenvalue weighted by Gasteiger charge is -2.16. The van der Waals surface area contributed by atoms with E-state index in [1.54, 1.807) is 56.7 Å². The zero-order valence-corrected chi connectivity index (χ0v) is 19.1. The maximum atomic E-state index is 15.1. The highest BCUT2D eigenvalue weighted by atomic mass is 19.1. The van der Waals surface area contributed by atoms with Gasteiger partial charge in [-0.25, -0.2) is 4.39 Å². The Bertz CT molecular complexity index is 1310. The first-order valence-electron chi connectivity index (χ1n) is 11.0. The summed E-state index contributed by atoms with van der Waals surface area (Å²) in [6.45, 7) is 2.33. The van der Waals surface area contributed by atoms with Gasteiger partial charge in [0.2, 0.25) is 0 Å². The molecule has 7 heteroatoms. The summed E-state index contributed by atoms with van der Waals surface area (Å²) in [6.07, 6.45) is 1.63. The predicted molar refractivity (Wildman–Crippen MR) is 127 cm³/mol. The maximum absolute atomic E-state index is 15.1. The van der Waals surface area contributed by atoms with Crippen molar-refractivity contribution in [1.29, 1.82) is 0 Å². The summed E-state index contributed by atoms with van der Waals surface area (Å²) in [6, 6.07) is 16.1. The van der Waals surface area contributed by atoms with Gasteiger partial charge in [-0.2, -0.15) is 0 Å². The SMILES string of the molecule is CCOC(=O)Cc1cccc(OC)c1OCc1cc(-c2cccc(CN)c2F)c2occc2c1. The Hall–Kier alpha value is -3.84. The maximum Gasteiger partial charge on any atom is 0.310 e. The van der Waals surface area contributed by atoms with Gasteiger partial charge >= 0.3 is 5.97 Å². The summed E-state index contributed by atoms with van der Waals surface area (Å²) in [7, 11) is 1.54. The molecule has 0 spiro atoms. The van der Waals surface area contributed by atoms with Gasteiger partial charge in [0.1, 0.15) is 18.0 Å². The van der Waals surface area contributed by atoms with Gasteiger partial charge in [-0.15, -0.1) is 0 Å². The Kier molecular flexibility index (Phi) is 7.13. The van der Waals surface area contributed by atoms with Crippen LogP contribution in [0.2, 0.25) is 0 Å². The summed E-state index contributed by atoms with van der Waals surface area (Å²) >= 11 is 0. The van der Waals surface area contributed by atoms with Crippen LogP contribution >= 0.6 is 0 Å². The minimum absolute atomic E-state index is 0.0590. The van der Waals surface area contributed by atoms with Crippen molar-refractivity contribution in [3.8, 4) is 22.6 Å². The molecule has 176 valence electrons. The van der Waals surface area contributed by atoms with E-state index < -0.39 is 0 Å². The summed E-state index contributed by atoms with van der Waals surface area (Å²) in [5, 5.41) is 0.820. The van der Waals surface area contributed by atoms with Crippen LogP contribution in [0.25, 0.3) is 22.1 Å². The van der Waals surface area contributed by atoms with E-state index in [0.717, 1.165) is 10.9 Å². The van der Waals surface area contributed by atoms with E-state index in [0.29, 0.717) is 45.9 Å². The molecule has 0 saturated heterocycles. The molecule has 0 fully saturated rings. The van der Waals surface area contributed by atoms with E-state index in [-0.39, 0.29) is 31.4 Å². The third kappa shape index (κ3) is 4.75. The quantitative estimate of drug-likeness (QED) is 0.335. The summed E-state index contributed by atoms with van der Waals surface area (Å²) < 4.78 is 37.4. The molecule has 0 aliphatic rings. The number of furan rings is 1. The first kappa shape index (κ1) is 23.3. The van der Waals surface area contributed by atoms with Crippen LogP contribution in [-0.2, 0) is 29.1 Å². The highest BCUT2D eigenvalue weighted by molar-refractivity contribution is 5.93. The van der Waals surface area contributed by atoms with Crippen LogP contribution in [0.15, 0.2) is 65.3 Å². The average Bonchev–Trinajstić information content (AvgIpc) is 3.31. The minimum Gasteiger partial charge on any atom is -0.493 e. The molecule has 4 aromatic rings. The van der Waals surface area contributed by atoms with E-state index in [2.05, 4.69) is 0 Å².